The van der Waals surface area contributed by atoms with Crippen LogP contribution in [0.3, 0.4) is 0 Å². The summed E-state index contributed by atoms with van der Waals surface area (Å²) in [5.41, 5.74) is 2.66. The molecule has 8 nitrogen and oxygen atoms in total. The molecule has 0 unspecified atom stereocenters. The molecule has 160 valence electrons. The lowest BCUT2D eigenvalue weighted by Gasteiger charge is -2.15. The fourth-order valence-electron chi connectivity index (χ4n) is 3.57. The number of nitrogens with zero attached hydrogens (tertiary/aromatic N) is 5. The van der Waals surface area contributed by atoms with E-state index in [1.807, 2.05) is 65.6 Å². The zero-order chi connectivity index (χ0) is 21.8. The van der Waals surface area contributed by atoms with Gasteiger partial charge in [-0.15, -0.1) is 0 Å². The summed E-state index contributed by atoms with van der Waals surface area (Å²) in [5, 5.41) is 3.03. The Labute approximate surface area is 180 Å². The van der Waals surface area contributed by atoms with Gasteiger partial charge in [0.15, 0.2) is 5.65 Å². The number of hydrogen-bond donors (Lipinski definition) is 1. The molecule has 0 aliphatic carbocycles. The number of carbonyl (C=O) groups is 1. The SMILES string of the molecule is COc1cccc(Cn2c(CNC(=O)[C@@H](C)Cn3ccnc3C)nc3cccnc32)c1. The van der Waals surface area contributed by atoms with Crippen LogP contribution >= 0.6 is 0 Å². The van der Waals surface area contributed by atoms with E-state index in [0.717, 1.165) is 34.1 Å². The van der Waals surface area contributed by atoms with Crippen molar-refractivity contribution in [2.75, 3.05) is 7.11 Å². The van der Waals surface area contributed by atoms with Crippen LogP contribution < -0.4 is 10.1 Å². The molecular weight excluding hydrogens is 392 g/mol. The Morgan fingerprint density at radius 3 is 2.84 bits per heavy atom. The van der Waals surface area contributed by atoms with E-state index in [4.69, 9.17) is 9.72 Å². The van der Waals surface area contributed by atoms with E-state index in [1.54, 1.807) is 19.5 Å². The van der Waals surface area contributed by atoms with E-state index in [2.05, 4.69) is 15.3 Å². The highest BCUT2D eigenvalue weighted by molar-refractivity contribution is 5.78. The summed E-state index contributed by atoms with van der Waals surface area (Å²) in [4.78, 5) is 26.1. The number of imidazole rings is 2. The Bertz CT molecular complexity index is 1200. The smallest absolute Gasteiger partial charge is 0.225 e. The van der Waals surface area contributed by atoms with Gasteiger partial charge in [-0.3, -0.25) is 4.79 Å². The molecule has 0 aliphatic heterocycles. The molecule has 0 radical (unpaired) electrons. The lowest BCUT2D eigenvalue weighted by molar-refractivity contribution is -0.125. The molecule has 0 bridgehead atoms. The Morgan fingerprint density at radius 2 is 2.06 bits per heavy atom. The highest BCUT2D eigenvalue weighted by atomic mass is 16.5. The van der Waals surface area contributed by atoms with Gasteiger partial charge in [-0.25, -0.2) is 15.0 Å². The molecule has 0 aliphatic rings. The predicted octanol–water partition coefficient (Wildman–Crippen LogP) is 2.95. The van der Waals surface area contributed by atoms with Crippen LogP contribution in [0.1, 0.15) is 24.1 Å². The second-order valence-electron chi connectivity index (χ2n) is 7.56. The Kier molecular flexibility index (Phi) is 5.97. The van der Waals surface area contributed by atoms with Crippen LogP contribution in [0, 0.1) is 12.8 Å². The molecule has 4 aromatic rings. The van der Waals surface area contributed by atoms with E-state index >= 15 is 0 Å². The van der Waals surface area contributed by atoms with Gasteiger partial charge in [0.05, 0.1) is 26.1 Å². The number of rotatable bonds is 8. The average Bonchev–Trinajstić information content (AvgIpc) is 3.35. The number of amides is 1. The molecule has 3 aromatic heterocycles. The molecule has 0 spiro atoms. The lowest BCUT2D eigenvalue weighted by atomic mass is 10.1. The first-order valence-electron chi connectivity index (χ1n) is 10.2. The third-order valence-corrected chi connectivity index (χ3v) is 5.32. The Balaban J connectivity index is 1.52. The molecule has 4 rings (SSSR count). The third kappa shape index (κ3) is 4.58. The third-order valence-electron chi connectivity index (χ3n) is 5.32. The predicted molar refractivity (Wildman–Crippen MR) is 118 cm³/mol. The van der Waals surface area contributed by atoms with Crippen LogP contribution in [0.4, 0.5) is 0 Å². The number of hydrogen-bond acceptors (Lipinski definition) is 5. The maximum atomic E-state index is 12.7. The first-order chi connectivity index (χ1) is 15.0. The standard InChI is InChI=1S/C23H26N6O2/c1-16(14-28-11-10-24-17(28)2)23(30)26-13-21-27-20-8-5-9-25-22(20)29(21)15-18-6-4-7-19(12-18)31-3/h4-12,16H,13-15H2,1-3H3,(H,26,30)/t16-/m0/s1. The number of aromatic nitrogens is 5. The molecule has 3 heterocycles. The van der Waals surface area contributed by atoms with Crippen molar-refractivity contribution < 1.29 is 9.53 Å². The zero-order valence-electron chi connectivity index (χ0n) is 17.9. The number of nitrogens with one attached hydrogen (secondary N) is 1. The summed E-state index contributed by atoms with van der Waals surface area (Å²) in [6.07, 6.45) is 5.39. The number of fused-ring (bicyclic) bond motifs is 1. The number of methoxy groups -OCH3 is 1. The van der Waals surface area contributed by atoms with Crippen molar-refractivity contribution >= 4 is 17.1 Å². The van der Waals surface area contributed by atoms with Crippen LogP contribution in [0.2, 0.25) is 0 Å². The normalized spacial score (nSPS) is 12.1. The first-order valence-corrected chi connectivity index (χ1v) is 10.2. The summed E-state index contributed by atoms with van der Waals surface area (Å²) in [6, 6.07) is 11.7. The Hall–Kier alpha value is -3.68. The van der Waals surface area contributed by atoms with E-state index in [0.29, 0.717) is 19.6 Å². The van der Waals surface area contributed by atoms with Crippen molar-refractivity contribution in [1.29, 1.82) is 0 Å². The van der Waals surface area contributed by atoms with Crippen LogP contribution in [0.25, 0.3) is 11.2 Å². The number of carbonyl (C=O) groups excluding carboxylic acids is 1. The van der Waals surface area contributed by atoms with Gasteiger partial charge < -0.3 is 19.2 Å². The lowest BCUT2D eigenvalue weighted by Crippen LogP contribution is -2.32. The molecule has 0 saturated heterocycles. The van der Waals surface area contributed by atoms with Gasteiger partial charge in [-0.2, -0.15) is 0 Å². The second kappa shape index (κ2) is 8.99. The summed E-state index contributed by atoms with van der Waals surface area (Å²) in [6.45, 7) is 5.33. The summed E-state index contributed by atoms with van der Waals surface area (Å²) in [7, 11) is 1.65. The maximum Gasteiger partial charge on any atom is 0.225 e. The van der Waals surface area contributed by atoms with Gasteiger partial charge in [-0.1, -0.05) is 19.1 Å². The van der Waals surface area contributed by atoms with Gasteiger partial charge in [0.1, 0.15) is 22.9 Å². The van der Waals surface area contributed by atoms with Crippen molar-refractivity contribution in [3.05, 3.63) is 72.2 Å². The van der Waals surface area contributed by atoms with Gasteiger partial charge in [0.25, 0.3) is 0 Å². The summed E-state index contributed by atoms with van der Waals surface area (Å²) in [5.74, 6) is 2.23. The summed E-state index contributed by atoms with van der Waals surface area (Å²) >= 11 is 0. The minimum atomic E-state index is -0.192. The maximum absolute atomic E-state index is 12.7. The number of pyridine rings is 1. The zero-order valence-corrected chi connectivity index (χ0v) is 17.9. The van der Waals surface area contributed by atoms with Crippen molar-refractivity contribution in [3.63, 3.8) is 0 Å². The molecule has 0 fully saturated rings. The van der Waals surface area contributed by atoms with E-state index in [1.165, 1.54) is 0 Å². The van der Waals surface area contributed by atoms with Gasteiger partial charge in [0, 0.05) is 25.1 Å². The molecule has 31 heavy (non-hydrogen) atoms. The van der Waals surface area contributed by atoms with Crippen molar-refractivity contribution in [2.45, 2.75) is 33.5 Å². The Morgan fingerprint density at radius 1 is 1.19 bits per heavy atom. The summed E-state index contributed by atoms with van der Waals surface area (Å²) < 4.78 is 9.36. The minimum absolute atomic E-state index is 0.0268. The van der Waals surface area contributed by atoms with E-state index < -0.39 is 0 Å². The van der Waals surface area contributed by atoms with Crippen molar-refractivity contribution in [2.24, 2.45) is 5.92 Å². The largest absolute Gasteiger partial charge is 0.497 e. The van der Waals surface area contributed by atoms with Crippen LogP contribution in [-0.2, 0) is 24.4 Å². The molecule has 1 atom stereocenters. The van der Waals surface area contributed by atoms with Crippen LogP contribution in [0.15, 0.2) is 55.0 Å². The molecule has 1 aromatic carbocycles. The fourth-order valence-corrected chi connectivity index (χ4v) is 3.57. The van der Waals surface area contributed by atoms with E-state index in [-0.39, 0.29) is 11.8 Å². The number of aryl methyl sites for hydroxylation is 1. The van der Waals surface area contributed by atoms with Crippen molar-refractivity contribution in [3.8, 4) is 5.75 Å². The second-order valence-corrected chi connectivity index (χ2v) is 7.56. The molecule has 8 heteroatoms. The topological polar surface area (TPSA) is 86.9 Å². The van der Waals surface area contributed by atoms with Crippen LogP contribution in [0.5, 0.6) is 5.75 Å². The molecule has 1 N–H and O–H groups in total. The highest BCUT2D eigenvalue weighted by Gasteiger charge is 2.17. The fraction of sp³-hybridized carbons (Fsp3) is 0.304. The molecule has 1 amide bonds. The van der Waals surface area contributed by atoms with Gasteiger partial charge >= 0.3 is 0 Å². The molecule has 0 saturated carbocycles. The van der Waals surface area contributed by atoms with E-state index in [9.17, 15) is 4.79 Å². The highest BCUT2D eigenvalue weighted by Crippen LogP contribution is 2.19. The average molecular weight is 419 g/mol. The van der Waals surface area contributed by atoms with Crippen molar-refractivity contribution in [1.82, 2.24) is 29.4 Å². The van der Waals surface area contributed by atoms with Gasteiger partial charge in [0.2, 0.25) is 5.91 Å². The first kappa shape index (κ1) is 20.6. The molecular formula is C23H26N6O2. The van der Waals surface area contributed by atoms with Crippen LogP contribution in [-0.4, -0.2) is 37.1 Å². The number of ether oxygens (including phenoxy) is 1. The monoisotopic (exact) mass is 418 g/mol. The van der Waals surface area contributed by atoms with Gasteiger partial charge in [-0.05, 0) is 36.8 Å². The minimum Gasteiger partial charge on any atom is -0.497 e. The number of benzene rings is 1. The quantitative estimate of drug-likeness (QED) is 0.475.